The van der Waals surface area contributed by atoms with Crippen LogP contribution in [0.3, 0.4) is 0 Å². The van der Waals surface area contributed by atoms with Crippen molar-refractivity contribution in [2.45, 2.75) is 26.7 Å². The van der Waals surface area contributed by atoms with E-state index in [1.807, 2.05) is 0 Å². The van der Waals surface area contributed by atoms with E-state index in [0.29, 0.717) is 0 Å². The van der Waals surface area contributed by atoms with Crippen LogP contribution >= 0.6 is 0 Å². The van der Waals surface area contributed by atoms with Gasteiger partial charge in [-0.1, -0.05) is 25.5 Å². The number of ether oxygens (including phenoxy) is 1. The average Bonchev–Trinajstić information content (AvgIpc) is 2.21. The number of hydrogen-bond acceptors (Lipinski definition) is 2. The SMILES string of the molecule is CCCc1ccc(OCCN(C)C)c(C)c1. The first-order chi connectivity index (χ1) is 7.63. The third-order valence-electron chi connectivity index (χ3n) is 2.57. The van der Waals surface area contributed by atoms with Crippen LogP contribution in [0.4, 0.5) is 0 Å². The van der Waals surface area contributed by atoms with Crippen molar-refractivity contribution in [3.05, 3.63) is 29.3 Å². The normalized spacial score (nSPS) is 10.8. The summed E-state index contributed by atoms with van der Waals surface area (Å²) in [6.07, 6.45) is 2.35. The van der Waals surface area contributed by atoms with E-state index >= 15 is 0 Å². The largest absolute Gasteiger partial charge is 0.492 e. The second-order valence-electron chi connectivity index (χ2n) is 4.50. The lowest BCUT2D eigenvalue weighted by Gasteiger charge is -2.13. The van der Waals surface area contributed by atoms with Gasteiger partial charge in [-0.15, -0.1) is 0 Å². The lowest BCUT2D eigenvalue weighted by Crippen LogP contribution is -2.19. The summed E-state index contributed by atoms with van der Waals surface area (Å²) in [6.45, 7) is 6.03. The molecule has 0 heterocycles. The molecule has 0 radical (unpaired) electrons. The van der Waals surface area contributed by atoms with Crippen LogP contribution in [-0.4, -0.2) is 32.1 Å². The molecule has 0 saturated carbocycles. The third kappa shape index (κ3) is 4.23. The summed E-state index contributed by atoms with van der Waals surface area (Å²) in [7, 11) is 4.11. The van der Waals surface area contributed by atoms with Crippen molar-refractivity contribution in [2.24, 2.45) is 0 Å². The summed E-state index contributed by atoms with van der Waals surface area (Å²) in [6, 6.07) is 6.49. The van der Waals surface area contributed by atoms with E-state index in [0.717, 1.165) is 25.3 Å². The van der Waals surface area contributed by atoms with Gasteiger partial charge < -0.3 is 9.64 Å². The lowest BCUT2D eigenvalue weighted by atomic mass is 10.1. The van der Waals surface area contributed by atoms with Crippen molar-refractivity contribution in [1.29, 1.82) is 0 Å². The monoisotopic (exact) mass is 221 g/mol. The predicted molar refractivity (Wildman–Crippen MR) is 69.2 cm³/mol. The summed E-state index contributed by atoms with van der Waals surface area (Å²) in [5.74, 6) is 1.02. The Morgan fingerprint density at radius 3 is 2.56 bits per heavy atom. The maximum Gasteiger partial charge on any atom is 0.122 e. The Morgan fingerprint density at radius 2 is 2.00 bits per heavy atom. The van der Waals surface area contributed by atoms with E-state index in [9.17, 15) is 0 Å². The average molecular weight is 221 g/mol. The topological polar surface area (TPSA) is 12.5 Å². The molecule has 90 valence electrons. The molecule has 0 N–H and O–H groups in total. The number of nitrogens with zero attached hydrogens (tertiary/aromatic N) is 1. The number of aryl methyl sites for hydroxylation is 2. The lowest BCUT2D eigenvalue weighted by molar-refractivity contribution is 0.260. The van der Waals surface area contributed by atoms with Crippen LogP contribution in [0.1, 0.15) is 24.5 Å². The quantitative estimate of drug-likeness (QED) is 0.732. The first kappa shape index (κ1) is 13.0. The summed E-state index contributed by atoms with van der Waals surface area (Å²) in [5, 5.41) is 0. The van der Waals surface area contributed by atoms with Gasteiger partial charge in [0.25, 0.3) is 0 Å². The molecule has 2 nitrogen and oxygen atoms in total. The molecule has 16 heavy (non-hydrogen) atoms. The Bertz CT molecular complexity index is 321. The number of rotatable bonds is 6. The van der Waals surface area contributed by atoms with Crippen molar-refractivity contribution in [2.75, 3.05) is 27.2 Å². The highest BCUT2D eigenvalue weighted by atomic mass is 16.5. The van der Waals surface area contributed by atoms with Crippen molar-refractivity contribution in [1.82, 2.24) is 4.90 Å². The van der Waals surface area contributed by atoms with Gasteiger partial charge in [-0.25, -0.2) is 0 Å². The Kier molecular flexibility index (Phi) is 5.33. The van der Waals surface area contributed by atoms with Gasteiger partial charge in [-0.05, 0) is 44.6 Å². The molecule has 0 aliphatic carbocycles. The van der Waals surface area contributed by atoms with Gasteiger partial charge in [0.1, 0.15) is 12.4 Å². The first-order valence-corrected chi connectivity index (χ1v) is 6.00. The smallest absolute Gasteiger partial charge is 0.122 e. The summed E-state index contributed by atoms with van der Waals surface area (Å²) < 4.78 is 5.74. The van der Waals surface area contributed by atoms with Crippen molar-refractivity contribution < 1.29 is 4.74 Å². The zero-order valence-electron chi connectivity index (χ0n) is 10.9. The van der Waals surface area contributed by atoms with Crippen molar-refractivity contribution >= 4 is 0 Å². The molecule has 0 aliphatic heterocycles. The number of benzene rings is 1. The Morgan fingerprint density at radius 1 is 1.25 bits per heavy atom. The van der Waals surface area contributed by atoms with Gasteiger partial charge in [-0.2, -0.15) is 0 Å². The molecule has 0 amide bonds. The zero-order chi connectivity index (χ0) is 12.0. The molecule has 0 unspecified atom stereocenters. The molecule has 0 bridgehead atoms. The Balaban J connectivity index is 2.54. The number of likely N-dealkylation sites (N-methyl/N-ethyl adjacent to an activating group) is 1. The van der Waals surface area contributed by atoms with Crippen LogP contribution < -0.4 is 4.74 Å². The summed E-state index contributed by atoms with van der Waals surface area (Å²) in [4.78, 5) is 2.13. The number of hydrogen-bond donors (Lipinski definition) is 0. The van der Waals surface area contributed by atoms with Crippen LogP contribution in [0, 0.1) is 6.92 Å². The highest BCUT2D eigenvalue weighted by Gasteiger charge is 2.01. The molecule has 0 saturated heterocycles. The van der Waals surface area contributed by atoms with Gasteiger partial charge in [0.15, 0.2) is 0 Å². The van der Waals surface area contributed by atoms with E-state index in [1.165, 1.54) is 17.5 Å². The minimum atomic E-state index is 0.751. The second-order valence-corrected chi connectivity index (χ2v) is 4.50. The van der Waals surface area contributed by atoms with E-state index in [1.54, 1.807) is 0 Å². The van der Waals surface area contributed by atoms with Gasteiger partial charge in [0.05, 0.1) is 0 Å². The Labute approximate surface area is 99.2 Å². The maximum absolute atomic E-state index is 5.74. The van der Waals surface area contributed by atoms with Crippen LogP contribution in [0.15, 0.2) is 18.2 Å². The molecule has 1 aromatic rings. The van der Waals surface area contributed by atoms with Crippen LogP contribution in [-0.2, 0) is 6.42 Å². The highest BCUT2D eigenvalue weighted by Crippen LogP contribution is 2.19. The van der Waals surface area contributed by atoms with Gasteiger partial charge >= 0.3 is 0 Å². The van der Waals surface area contributed by atoms with Crippen LogP contribution in [0.25, 0.3) is 0 Å². The predicted octanol–water partition coefficient (Wildman–Crippen LogP) is 2.89. The zero-order valence-corrected chi connectivity index (χ0v) is 10.9. The third-order valence-corrected chi connectivity index (χ3v) is 2.57. The molecule has 1 rings (SSSR count). The minimum Gasteiger partial charge on any atom is -0.492 e. The first-order valence-electron chi connectivity index (χ1n) is 6.00. The maximum atomic E-state index is 5.74. The fraction of sp³-hybridized carbons (Fsp3) is 0.571. The van der Waals surface area contributed by atoms with E-state index in [-0.39, 0.29) is 0 Å². The molecule has 0 atom stereocenters. The van der Waals surface area contributed by atoms with Gasteiger partial charge in [-0.3, -0.25) is 0 Å². The van der Waals surface area contributed by atoms with Crippen molar-refractivity contribution in [3.63, 3.8) is 0 Å². The fourth-order valence-electron chi connectivity index (χ4n) is 1.66. The highest BCUT2D eigenvalue weighted by molar-refractivity contribution is 5.36. The standard InChI is InChI=1S/C14H23NO/c1-5-6-13-7-8-14(12(2)11-13)16-10-9-15(3)4/h7-8,11H,5-6,9-10H2,1-4H3. The second kappa shape index (κ2) is 6.54. The van der Waals surface area contributed by atoms with Gasteiger partial charge in [0, 0.05) is 6.54 Å². The molecule has 2 heteroatoms. The summed E-state index contributed by atoms with van der Waals surface area (Å²) in [5.41, 5.74) is 2.64. The molecule has 0 spiro atoms. The Hall–Kier alpha value is -1.02. The minimum absolute atomic E-state index is 0.751. The van der Waals surface area contributed by atoms with E-state index in [2.05, 4.69) is 51.0 Å². The van der Waals surface area contributed by atoms with E-state index < -0.39 is 0 Å². The molecule has 1 aromatic carbocycles. The molecule has 0 aliphatic rings. The molecular formula is C14H23NO. The van der Waals surface area contributed by atoms with Crippen LogP contribution in [0.2, 0.25) is 0 Å². The summed E-state index contributed by atoms with van der Waals surface area (Å²) >= 11 is 0. The van der Waals surface area contributed by atoms with Gasteiger partial charge in [0.2, 0.25) is 0 Å². The molecule has 0 aromatic heterocycles. The van der Waals surface area contributed by atoms with E-state index in [4.69, 9.17) is 4.74 Å². The molecular weight excluding hydrogens is 198 g/mol. The fourth-order valence-corrected chi connectivity index (χ4v) is 1.66. The van der Waals surface area contributed by atoms with Crippen molar-refractivity contribution in [3.8, 4) is 5.75 Å². The van der Waals surface area contributed by atoms with Crippen LogP contribution in [0.5, 0.6) is 5.75 Å². The molecule has 0 fully saturated rings.